The van der Waals surface area contributed by atoms with Crippen LogP contribution >= 0.6 is 7.60 Å². The van der Waals surface area contributed by atoms with Crippen LogP contribution in [0, 0.1) is 0 Å². The first-order valence-corrected chi connectivity index (χ1v) is 26.6. The maximum absolute atomic E-state index is 13.4. The Kier molecular flexibility index (Phi) is 39.6. The molecule has 0 saturated carbocycles. The first-order chi connectivity index (χ1) is 28.5. The van der Waals surface area contributed by atoms with E-state index in [2.05, 4.69) is 38.2 Å². The maximum atomic E-state index is 13.4. The summed E-state index contributed by atoms with van der Waals surface area (Å²) >= 11 is 0. The van der Waals surface area contributed by atoms with Gasteiger partial charge in [-0.1, -0.05) is 173 Å². The molecule has 0 bridgehead atoms. The zero-order chi connectivity index (χ0) is 43.7. The van der Waals surface area contributed by atoms with Crippen LogP contribution < -0.4 is 0 Å². The van der Waals surface area contributed by atoms with Gasteiger partial charge in [-0.25, -0.2) is 0 Å². The Bertz CT molecular complexity index is 1070. The molecule has 0 aliphatic heterocycles. The van der Waals surface area contributed by atoms with Gasteiger partial charge in [0, 0.05) is 19.3 Å². The number of quaternary nitrogens is 1. The number of carbonyl (C=O) groups is 2. The molecule has 1 N–H and O–H groups in total. The highest BCUT2D eigenvalue weighted by molar-refractivity contribution is 7.53. The van der Waals surface area contributed by atoms with Crippen molar-refractivity contribution >= 4 is 19.5 Å². The predicted octanol–water partition coefficient (Wildman–Crippen LogP) is 15.1. The lowest BCUT2D eigenvalue weighted by Gasteiger charge is -2.36. The highest BCUT2D eigenvalue weighted by atomic mass is 31.2. The lowest BCUT2D eigenvalue weighted by molar-refractivity contribution is -0.883. The van der Waals surface area contributed by atoms with Crippen molar-refractivity contribution in [2.75, 3.05) is 34.4 Å². The molecule has 0 saturated heterocycles. The Morgan fingerprint density at radius 2 is 0.864 bits per heavy atom. The molecule has 0 radical (unpaired) electrons. The minimum Gasteiger partial charge on any atom is -0.462 e. The molecule has 0 spiro atoms. The van der Waals surface area contributed by atoms with E-state index in [1.165, 1.54) is 135 Å². The van der Waals surface area contributed by atoms with E-state index in [1.54, 1.807) is 0 Å². The summed E-state index contributed by atoms with van der Waals surface area (Å²) in [5.41, 5.74) is 0. The van der Waals surface area contributed by atoms with E-state index in [9.17, 15) is 19.0 Å². The van der Waals surface area contributed by atoms with Crippen LogP contribution in [0.3, 0.4) is 0 Å². The van der Waals surface area contributed by atoms with E-state index in [-0.39, 0.29) is 30.1 Å². The summed E-state index contributed by atoms with van der Waals surface area (Å²) in [6.45, 7) is 6.01. The van der Waals surface area contributed by atoms with Crippen molar-refractivity contribution in [3.63, 3.8) is 0 Å². The third-order valence-corrected chi connectivity index (χ3v) is 13.5. The van der Waals surface area contributed by atoms with Gasteiger partial charge in [0.25, 0.3) is 0 Å². The number of hydrogen-bond acceptors (Lipinski definition) is 6. The van der Waals surface area contributed by atoms with E-state index in [4.69, 9.17) is 14.0 Å². The Balaban J connectivity index is 4.44. The van der Waals surface area contributed by atoms with Crippen molar-refractivity contribution in [3.8, 4) is 0 Å². The van der Waals surface area contributed by atoms with Crippen LogP contribution in [0.25, 0.3) is 0 Å². The molecule has 0 heterocycles. The summed E-state index contributed by atoms with van der Waals surface area (Å²) in [4.78, 5) is 36.4. The SMILES string of the molecule is CCCCCCCC/C=C\CCCCCCCCCCCC(=O)OC[C@H](COP(=O)(O)C(CCC)[N+](C)(C)C)OC(=O)CCCCCCC/C=C\CCCCCCCC. The second-order valence-electron chi connectivity index (χ2n) is 18.1. The summed E-state index contributed by atoms with van der Waals surface area (Å²) in [6, 6.07) is 0. The van der Waals surface area contributed by atoms with Gasteiger partial charge in [0.05, 0.1) is 27.7 Å². The summed E-state index contributed by atoms with van der Waals surface area (Å²) in [5, 5.41) is 0. The largest absolute Gasteiger partial charge is 0.462 e. The Labute approximate surface area is 365 Å². The van der Waals surface area contributed by atoms with Gasteiger partial charge in [0.15, 0.2) is 11.9 Å². The zero-order valence-corrected chi connectivity index (χ0v) is 40.6. The Hall–Kier alpha value is -1.47. The fourth-order valence-corrected chi connectivity index (χ4v) is 9.54. The van der Waals surface area contributed by atoms with Crippen molar-refractivity contribution in [1.82, 2.24) is 0 Å². The molecule has 0 aromatic carbocycles. The van der Waals surface area contributed by atoms with Gasteiger partial charge in [0.2, 0.25) is 0 Å². The molecule has 0 aromatic rings. The van der Waals surface area contributed by atoms with Crippen molar-refractivity contribution in [2.24, 2.45) is 0 Å². The molecule has 348 valence electrons. The minimum absolute atomic E-state index is 0.186. The average Bonchev–Trinajstić information content (AvgIpc) is 3.19. The number of carbonyl (C=O) groups excluding carboxylic acids is 2. The van der Waals surface area contributed by atoms with Crippen LogP contribution in [0.15, 0.2) is 24.3 Å². The molecule has 3 atom stereocenters. The molecule has 59 heavy (non-hydrogen) atoms. The topological polar surface area (TPSA) is 99.1 Å². The molecule has 0 aliphatic carbocycles. The second-order valence-corrected chi connectivity index (χ2v) is 20.1. The quantitative estimate of drug-likeness (QED) is 0.0214. The third-order valence-electron chi connectivity index (χ3n) is 11.3. The van der Waals surface area contributed by atoms with E-state index in [0.717, 1.165) is 64.2 Å². The lowest BCUT2D eigenvalue weighted by atomic mass is 10.1. The van der Waals surface area contributed by atoms with Gasteiger partial charge in [-0.2, -0.15) is 0 Å². The fourth-order valence-electron chi connectivity index (χ4n) is 7.53. The summed E-state index contributed by atoms with van der Waals surface area (Å²) < 4.78 is 30.5. The first kappa shape index (κ1) is 57.5. The monoisotopic (exact) mass is 855 g/mol. The Morgan fingerprint density at radius 1 is 0.508 bits per heavy atom. The molecule has 0 amide bonds. The van der Waals surface area contributed by atoms with Crippen molar-refractivity contribution in [3.05, 3.63) is 24.3 Å². The summed E-state index contributed by atoms with van der Waals surface area (Å²) in [7, 11) is 1.56. The average molecular weight is 855 g/mol. The van der Waals surface area contributed by atoms with Crippen LogP contribution in [-0.2, 0) is 28.2 Å². The number of allylic oxidation sites excluding steroid dienone is 4. The van der Waals surface area contributed by atoms with E-state index in [0.29, 0.717) is 12.8 Å². The van der Waals surface area contributed by atoms with E-state index >= 15 is 0 Å². The van der Waals surface area contributed by atoms with Gasteiger partial charge in [0.1, 0.15) is 6.61 Å². The number of nitrogens with zero attached hydrogens (tertiary/aromatic N) is 1. The standard InChI is InChI=1S/C50H96NO7P/c1-7-10-12-14-16-18-20-22-24-25-26-27-29-30-32-34-36-38-40-43-49(52)56-45-47(46-57-59(54,55)48(42-9-3)51(4,5)6)58-50(53)44-41-39-37-35-33-31-28-23-21-19-17-15-13-11-8-2/h22-24,28,47-48H,7-21,25-27,29-46H2,1-6H3/p+1/b24-22-,28-23-/t47-,48?/m1/s1. The van der Waals surface area contributed by atoms with Gasteiger partial charge in [-0.05, 0) is 70.6 Å². The molecule has 9 heteroatoms. The Morgan fingerprint density at radius 3 is 1.24 bits per heavy atom. The highest BCUT2D eigenvalue weighted by Crippen LogP contribution is 2.52. The van der Waals surface area contributed by atoms with Crippen LogP contribution in [0.2, 0.25) is 0 Å². The molecule has 0 aliphatic rings. The molecule has 0 fully saturated rings. The van der Waals surface area contributed by atoms with Gasteiger partial charge < -0.3 is 23.4 Å². The molecule has 2 unspecified atom stereocenters. The molecule has 8 nitrogen and oxygen atoms in total. The van der Waals surface area contributed by atoms with Crippen LogP contribution in [0.1, 0.15) is 239 Å². The first-order valence-electron chi connectivity index (χ1n) is 24.9. The molecule has 0 rings (SSSR count). The summed E-state index contributed by atoms with van der Waals surface area (Å²) in [5.74, 6) is -1.35. The predicted molar refractivity (Wildman–Crippen MR) is 251 cm³/mol. The van der Waals surface area contributed by atoms with Crippen molar-refractivity contribution < 1.29 is 37.5 Å². The molecule has 0 aromatic heterocycles. The number of hydrogen-bond donors (Lipinski definition) is 1. The van der Waals surface area contributed by atoms with Gasteiger partial charge >= 0.3 is 19.5 Å². The van der Waals surface area contributed by atoms with Crippen LogP contribution in [-0.4, -0.2) is 67.6 Å². The van der Waals surface area contributed by atoms with E-state index < -0.39 is 25.5 Å². The normalized spacial score (nSPS) is 14.2. The van der Waals surface area contributed by atoms with Crippen LogP contribution in [0.4, 0.5) is 0 Å². The summed E-state index contributed by atoms with van der Waals surface area (Å²) in [6.07, 6.45) is 46.7. The van der Waals surface area contributed by atoms with E-state index in [1.807, 2.05) is 28.1 Å². The number of rotatable bonds is 44. The van der Waals surface area contributed by atoms with Gasteiger partial charge in [-0.3, -0.25) is 14.2 Å². The lowest BCUT2D eigenvalue weighted by Crippen LogP contribution is -2.45. The molecular weight excluding hydrogens is 758 g/mol. The smallest absolute Gasteiger partial charge is 0.385 e. The second kappa shape index (κ2) is 40.6. The number of ether oxygens (including phenoxy) is 2. The minimum atomic E-state index is -4.06. The number of unbranched alkanes of at least 4 members (excludes halogenated alkanes) is 26. The van der Waals surface area contributed by atoms with Crippen LogP contribution in [0.5, 0.6) is 0 Å². The van der Waals surface area contributed by atoms with Gasteiger partial charge in [-0.15, -0.1) is 0 Å². The van der Waals surface area contributed by atoms with Crippen molar-refractivity contribution in [1.29, 1.82) is 0 Å². The van der Waals surface area contributed by atoms with Crippen molar-refractivity contribution in [2.45, 2.75) is 251 Å². The highest BCUT2D eigenvalue weighted by Gasteiger charge is 2.42. The number of esters is 2. The zero-order valence-electron chi connectivity index (χ0n) is 39.7. The maximum Gasteiger partial charge on any atom is 0.385 e. The molecular formula is C50H97NO7P+. The fraction of sp³-hybridized carbons (Fsp3) is 0.880. The third kappa shape index (κ3) is 38.0.